The van der Waals surface area contributed by atoms with Crippen LogP contribution in [0.5, 0.6) is 0 Å². The van der Waals surface area contributed by atoms with Crippen LogP contribution in [-0.4, -0.2) is 48.8 Å². The molecule has 0 saturated heterocycles. The lowest BCUT2D eigenvalue weighted by atomic mass is 10.2. The Labute approximate surface area is 186 Å². The van der Waals surface area contributed by atoms with Gasteiger partial charge in [-0.15, -0.1) is 0 Å². The summed E-state index contributed by atoms with van der Waals surface area (Å²) < 4.78 is 5.15. The average molecular weight is 431 g/mol. The minimum Gasteiger partial charge on any atom is -0.444 e. The summed E-state index contributed by atoms with van der Waals surface area (Å²) in [5.41, 5.74) is 7.07. The maximum atomic E-state index is 11.4. The van der Waals surface area contributed by atoms with Gasteiger partial charge < -0.3 is 26.4 Å². The van der Waals surface area contributed by atoms with Gasteiger partial charge in [0.2, 0.25) is 0 Å². The van der Waals surface area contributed by atoms with Gasteiger partial charge in [0, 0.05) is 32.0 Å². The zero-order chi connectivity index (χ0) is 23.1. The van der Waals surface area contributed by atoms with Crippen LogP contribution in [0.2, 0.25) is 0 Å². The predicted octanol–water partition coefficient (Wildman–Crippen LogP) is 3.60. The van der Waals surface area contributed by atoms with Crippen LogP contribution in [0.3, 0.4) is 0 Å². The molecule has 0 radical (unpaired) electrons. The van der Waals surface area contributed by atoms with E-state index >= 15 is 0 Å². The molecule has 8 heteroatoms. The molecule has 0 aliphatic heterocycles. The van der Waals surface area contributed by atoms with Crippen molar-refractivity contribution in [3.05, 3.63) is 47.8 Å². The lowest BCUT2D eigenvalue weighted by Crippen LogP contribution is -2.33. The fraction of sp³-hybridized carbons (Fsp3) is 0.522. The van der Waals surface area contributed by atoms with Crippen molar-refractivity contribution >= 4 is 17.7 Å². The van der Waals surface area contributed by atoms with Gasteiger partial charge in [-0.05, 0) is 77.3 Å². The number of nitrogens with one attached hydrogen (secondary N) is 3. The topological polar surface area (TPSA) is 114 Å². The molecule has 0 aliphatic carbocycles. The van der Waals surface area contributed by atoms with Crippen molar-refractivity contribution in [3.8, 4) is 0 Å². The summed E-state index contributed by atoms with van der Waals surface area (Å²) in [5, 5.41) is 8.74. The summed E-state index contributed by atoms with van der Waals surface area (Å²) in [6, 6.07) is 11.8. The highest BCUT2D eigenvalue weighted by molar-refractivity contribution is 5.67. The fourth-order valence-corrected chi connectivity index (χ4v) is 2.57. The highest BCUT2D eigenvalue weighted by atomic mass is 16.6. The third-order valence-electron chi connectivity index (χ3n) is 4.04. The molecule has 2 rings (SSSR count). The molecule has 2 heterocycles. The van der Waals surface area contributed by atoms with Crippen molar-refractivity contribution in [3.63, 3.8) is 0 Å². The van der Waals surface area contributed by atoms with Crippen molar-refractivity contribution in [1.29, 1.82) is 0 Å². The number of nitrogens with zero attached hydrogens (tertiary/aromatic N) is 2. The van der Waals surface area contributed by atoms with Gasteiger partial charge in [-0.25, -0.2) is 14.8 Å². The summed E-state index contributed by atoms with van der Waals surface area (Å²) in [5.74, 6) is 1.78. The van der Waals surface area contributed by atoms with Crippen molar-refractivity contribution in [1.82, 2.24) is 15.3 Å². The van der Waals surface area contributed by atoms with Crippen molar-refractivity contribution < 1.29 is 9.53 Å². The number of alkyl carbamates (subject to hydrolysis) is 1. The van der Waals surface area contributed by atoms with Crippen LogP contribution in [0.4, 0.5) is 16.4 Å². The molecule has 172 valence electrons. The summed E-state index contributed by atoms with van der Waals surface area (Å²) in [6.07, 6.45) is 3.25. The first-order chi connectivity index (χ1) is 14.8. The van der Waals surface area contributed by atoms with Gasteiger partial charge in [-0.2, -0.15) is 0 Å². The number of nitrogens with two attached hydrogens (primary N) is 1. The molecule has 0 saturated carbocycles. The molecule has 0 unspecified atom stereocenters. The third-order valence-corrected chi connectivity index (χ3v) is 4.04. The van der Waals surface area contributed by atoms with E-state index in [2.05, 4.69) is 25.9 Å². The number of carbonyl (C=O) groups excluding carboxylic acids is 1. The van der Waals surface area contributed by atoms with E-state index in [1.54, 1.807) is 0 Å². The molecule has 0 aromatic carbocycles. The Morgan fingerprint density at radius 1 is 0.935 bits per heavy atom. The number of hydrogen-bond donors (Lipinski definition) is 4. The first kappa shape index (κ1) is 26.2. The number of aromatic nitrogens is 2. The minimum atomic E-state index is -0.452. The Morgan fingerprint density at radius 2 is 1.45 bits per heavy atom. The fourth-order valence-electron chi connectivity index (χ4n) is 2.57. The first-order valence-corrected chi connectivity index (χ1v) is 10.7. The van der Waals surface area contributed by atoms with Gasteiger partial charge in [0.25, 0.3) is 0 Å². The second-order valence-corrected chi connectivity index (χ2v) is 7.95. The third kappa shape index (κ3) is 12.4. The van der Waals surface area contributed by atoms with Crippen LogP contribution in [0, 0.1) is 0 Å². The zero-order valence-electron chi connectivity index (χ0n) is 19.5. The normalized spacial score (nSPS) is 10.5. The maximum absolute atomic E-state index is 11.4. The number of carbonyl (C=O) groups is 1. The first-order valence-electron chi connectivity index (χ1n) is 10.7. The molecule has 1 amide bonds. The van der Waals surface area contributed by atoms with Crippen molar-refractivity contribution in [2.75, 3.05) is 37.8 Å². The predicted molar refractivity (Wildman–Crippen MR) is 128 cm³/mol. The van der Waals surface area contributed by atoms with E-state index in [9.17, 15) is 4.79 Å². The van der Waals surface area contributed by atoms with E-state index in [4.69, 9.17) is 10.5 Å². The Kier molecular flexibility index (Phi) is 12.0. The second kappa shape index (κ2) is 14.2. The van der Waals surface area contributed by atoms with Gasteiger partial charge in [-0.1, -0.05) is 12.1 Å². The number of pyridine rings is 2. The smallest absolute Gasteiger partial charge is 0.407 e. The summed E-state index contributed by atoms with van der Waals surface area (Å²) in [6.45, 7) is 6.85. The maximum Gasteiger partial charge on any atom is 0.407 e. The Morgan fingerprint density at radius 3 is 1.90 bits per heavy atom. The van der Waals surface area contributed by atoms with E-state index in [0.717, 1.165) is 55.3 Å². The SMILES string of the molecule is CNc1cccc(CCCN)n1.CNc1cccc(CCCNC(=O)OC(C)(C)C)n1. The molecule has 0 bridgehead atoms. The molecule has 5 N–H and O–H groups in total. The van der Waals surface area contributed by atoms with Crippen molar-refractivity contribution in [2.24, 2.45) is 5.73 Å². The number of aryl methyl sites for hydroxylation is 2. The number of hydrogen-bond acceptors (Lipinski definition) is 7. The second-order valence-electron chi connectivity index (χ2n) is 7.95. The van der Waals surface area contributed by atoms with Crippen LogP contribution in [0.1, 0.15) is 45.0 Å². The molecular weight excluding hydrogens is 392 g/mol. The molecule has 2 aromatic rings. The molecule has 31 heavy (non-hydrogen) atoms. The van der Waals surface area contributed by atoms with Crippen LogP contribution in [-0.2, 0) is 17.6 Å². The standard InChI is InChI=1S/C14H23N3O2.C9H15N3/c1-14(2,3)19-13(18)16-10-6-8-11-7-5-9-12(15-4)17-11;1-11-9-6-2-4-8(12-9)5-3-7-10/h5,7,9H,6,8,10H2,1-4H3,(H,15,17)(H,16,18);2,4,6H,3,5,7,10H2,1H3,(H,11,12). The Hall–Kier alpha value is -2.87. The Balaban J connectivity index is 0.000000343. The van der Waals surface area contributed by atoms with E-state index in [1.807, 2.05) is 71.3 Å². The van der Waals surface area contributed by atoms with E-state index in [-0.39, 0.29) is 6.09 Å². The van der Waals surface area contributed by atoms with Gasteiger partial charge in [0.15, 0.2) is 0 Å². The average Bonchev–Trinajstić information content (AvgIpc) is 2.75. The molecule has 0 spiro atoms. The summed E-state index contributed by atoms with van der Waals surface area (Å²) >= 11 is 0. The van der Waals surface area contributed by atoms with Gasteiger partial charge in [0.1, 0.15) is 17.2 Å². The summed E-state index contributed by atoms with van der Waals surface area (Å²) in [4.78, 5) is 20.2. The molecule has 0 atom stereocenters. The number of amides is 1. The van der Waals surface area contributed by atoms with E-state index in [1.165, 1.54) is 0 Å². The number of rotatable bonds is 9. The van der Waals surface area contributed by atoms with Crippen LogP contribution >= 0.6 is 0 Å². The van der Waals surface area contributed by atoms with Crippen molar-refractivity contribution in [2.45, 2.75) is 52.1 Å². The quantitative estimate of drug-likeness (QED) is 0.449. The monoisotopic (exact) mass is 430 g/mol. The van der Waals surface area contributed by atoms with Gasteiger partial charge in [0.05, 0.1) is 0 Å². The van der Waals surface area contributed by atoms with Crippen LogP contribution < -0.4 is 21.7 Å². The highest BCUT2D eigenvalue weighted by Gasteiger charge is 2.15. The molecule has 0 fully saturated rings. The lowest BCUT2D eigenvalue weighted by molar-refractivity contribution is 0.0527. The number of ether oxygens (including phenoxy) is 1. The largest absolute Gasteiger partial charge is 0.444 e. The lowest BCUT2D eigenvalue weighted by Gasteiger charge is -2.19. The zero-order valence-corrected chi connectivity index (χ0v) is 19.5. The minimum absolute atomic E-state index is 0.371. The van der Waals surface area contributed by atoms with Gasteiger partial charge >= 0.3 is 6.09 Å². The number of anilines is 2. The molecule has 2 aromatic heterocycles. The van der Waals surface area contributed by atoms with Gasteiger partial charge in [-0.3, -0.25) is 0 Å². The molecule has 8 nitrogen and oxygen atoms in total. The van der Waals surface area contributed by atoms with Crippen LogP contribution in [0.25, 0.3) is 0 Å². The Bertz CT molecular complexity index is 777. The van der Waals surface area contributed by atoms with E-state index < -0.39 is 5.60 Å². The van der Waals surface area contributed by atoms with Crippen LogP contribution in [0.15, 0.2) is 36.4 Å². The molecule has 0 aliphatic rings. The highest BCUT2D eigenvalue weighted by Crippen LogP contribution is 2.08. The molecular formula is C23H38N6O2. The van der Waals surface area contributed by atoms with E-state index in [0.29, 0.717) is 6.54 Å². The summed E-state index contributed by atoms with van der Waals surface area (Å²) in [7, 11) is 3.71.